The van der Waals surface area contributed by atoms with Crippen molar-refractivity contribution in [3.05, 3.63) is 92.7 Å². The zero-order chi connectivity index (χ0) is 28.1. The van der Waals surface area contributed by atoms with E-state index in [-0.39, 0.29) is 23.8 Å². The van der Waals surface area contributed by atoms with Gasteiger partial charge in [-0.3, -0.25) is 9.59 Å². The Bertz CT molecular complexity index is 1630. The second-order valence-corrected chi connectivity index (χ2v) is 10.5. The molecule has 1 aliphatic rings. The molecule has 0 atom stereocenters. The summed E-state index contributed by atoms with van der Waals surface area (Å²) in [7, 11) is 1.49. The third kappa shape index (κ3) is 6.22. The molecule has 0 radical (unpaired) electrons. The van der Waals surface area contributed by atoms with Crippen LogP contribution in [-0.2, 0) is 4.79 Å². The van der Waals surface area contributed by atoms with Crippen molar-refractivity contribution in [3.8, 4) is 11.5 Å². The van der Waals surface area contributed by atoms with Crippen LogP contribution < -0.4 is 20.3 Å². The van der Waals surface area contributed by atoms with Crippen LogP contribution in [0.1, 0.15) is 49.4 Å². The number of anilines is 1. The maximum Gasteiger partial charge on any atom is 0.282 e. The predicted octanol–water partition coefficient (Wildman–Crippen LogP) is 6.25. The SMILES string of the molecule is COc1cc(Br)cc(C=Nn2c(C3CCCCC3)nc3ccccc3c2=O)c1OCC(=O)Nc1cccc(F)c1. The third-order valence-corrected chi connectivity index (χ3v) is 7.24. The summed E-state index contributed by atoms with van der Waals surface area (Å²) in [6.45, 7) is -0.361. The summed E-state index contributed by atoms with van der Waals surface area (Å²) in [6.07, 6.45) is 6.73. The van der Waals surface area contributed by atoms with Crippen LogP contribution in [0.15, 0.2) is 75.0 Å². The lowest BCUT2D eigenvalue weighted by Crippen LogP contribution is -2.25. The summed E-state index contributed by atoms with van der Waals surface area (Å²) in [5, 5.41) is 7.69. The van der Waals surface area contributed by atoms with Crippen molar-refractivity contribution in [1.29, 1.82) is 0 Å². The van der Waals surface area contributed by atoms with Gasteiger partial charge in [-0.05, 0) is 55.3 Å². The van der Waals surface area contributed by atoms with E-state index in [0.717, 1.165) is 25.7 Å². The Morgan fingerprint density at radius 1 is 1.15 bits per heavy atom. The van der Waals surface area contributed by atoms with Crippen molar-refractivity contribution in [1.82, 2.24) is 9.66 Å². The zero-order valence-electron chi connectivity index (χ0n) is 21.9. The normalized spacial score (nSPS) is 14.0. The number of nitrogens with one attached hydrogen (secondary N) is 1. The van der Waals surface area contributed by atoms with Gasteiger partial charge in [-0.1, -0.05) is 53.4 Å². The van der Waals surface area contributed by atoms with Gasteiger partial charge in [0.05, 0.1) is 24.2 Å². The molecule has 0 saturated heterocycles. The Hall–Kier alpha value is -4.05. The van der Waals surface area contributed by atoms with E-state index in [1.54, 1.807) is 30.3 Å². The molecular formula is C30H28BrFN4O4. The number of aromatic nitrogens is 2. The minimum atomic E-state index is -0.479. The Morgan fingerprint density at radius 3 is 2.73 bits per heavy atom. The van der Waals surface area contributed by atoms with Crippen molar-refractivity contribution in [3.63, 3.8) is 0 Å². The lowest BCUT2D eigenvalue weighted by Gasteiger charge is -2.22. The maximum atomic E-state index is 13.6. The van der Waals surface area contributed by atoms with Gasteiger partial charge in [0.15, 0.2) is 18.1 Å². The smallest absolute Gasteiger partial charge is 0.282 e. The molecule has 1 heterocycles. The fourth-order valence-corrected chi connectivity index (χ4v) is 5.34. The lowest BCUT2D eigenvalue weighted by molar-refractivity contribution is -0.118. The quantitative estimate of drug-likeness (QED) is 0.239. The van der Waals surface area contributed by atoms with Crippen LogP contribution in [0.4, 0.5) is 10.1 Å². The van der Waals surface area contributed by atoms with E-state index in [1.807, 2.05) is 12.1 Å². The van der Waals surface area contributed by atoms with Gasteiger partial charge in [0.2, 0.25) is 0 Å². The maximum absolute atomic E-state index is 13.6. The van der Waals surface area contributed by atoms with Gasteiger partial charge < -0.3 is 14.8 Å². The highest BCUT2D eigenvalue weighted by Crippen LogP contribution is 2.35. The molecule has 206 valence electrons. The monoisotopic (exact) mass is 606 g/mol. The van der Waals surface area contributed by atoms with Gasteiger partial charge in [-0.2, -0.15) is 9.78 Å². The summed E-state index contributed by atoms with van der Waals surface area (Å²) in [5.74, 6) is 0.461. The van der Waals surface area contributed by atoms with Gasteiger partial charge in [0.25, 0.3) is 11.5 Å². The van der Waals surface area contributed by atoms with E-state index < -0.39 is 11.7 Å². The Kier molecular flexibility index (Phi) is 8.54. The van der Waals surface area contributed by atoms with Crippen LogP contribution >= 0.6 is 15.9 Å². The van der Waals surface area contributed by atoms with Crippen LogP contribution in [0.2, 0.25) is 0 Å². The predicted molar refractivity (Wildman–Crippen MR) is 156 cm³/mol. The van der Waals surface area contributed by atoms with Crippen LogP contribution in [0.3, 0.4) is 0 Å². The Morgan fingerprint density at radius 2 is 1.95 bits per heavy atom. The summed E-state index contributed by atoms with van der Waals surface area (Å²) in [6, 6.07) is 16.3. The highest BCUT2D eigenvalue weighted by Gasteiger charge is 2.23. The number of carbonyl (C=O) groups excluding carboxylic acids is 1. The number of nitrogens with zero attached hydrogens (tertiary/aromatic N) is 3. The molecule has 40 heavy (non-hydrogen) atoms. The van der Waals surface area contributed by atoms with Crippen LogP contribution in [-0.4, -0.2) is 35.5 Å². The van der Waals surface area contributed by atoms with Crippen LogP contribution in [0, 0.1) is 5.82 Å². The largest absolute Gasteiger partial charge is 0.493 e. The Labute approximate surface area is 239 Å². The zero-order valence-corrected chi connectivity index (χ0v) is 23.5. The van der Waals surface area contributed by atoms with Gasteiger partial charge in [-0.25, -0.2) is 9.37 Å². The number of hydrogen-bond donors (Lipinski definition) is 1. The summed E-state index contributed by atoms with van der Waals surface area (Å²) in [5.41, 5.74) is 1.20. The lowest BCUT2D eigenvalue weighted by atomic mass is 9.88. The van der Waals surface area contributed by atoms with Crippen molar-refractivity contribution >= 4 is 44.6 Å². The van der Waals surface area contributed by atoms with E-state index in [0.29, 0.717) is 38.2 Å². The average molecular weight is 607 g/mol. The van der Waals surface area contributed by atoms with Crippen LogP contribution in [0.5, 0.6) is 11.5 Å². The fraction of sp³-hybridized carbons (Fsp3) is 0.267. The van der Waals surface area contributed by atoms with E-state index >= 15 is 0 Å². The number of ether oxygens (including phenoxy) is 2. The topological polar surface area (TPSA) is 94.8 Å². The summed E-state index contributed by atoms with van der Waals surface area (Å²) in [4.78, 5) is 31.0. The molecule has 0 spiro atoms. The molecule has 5 rings (SSSR count). The number of halogens is 2. The molecule has 4 aromatic rings. The molecular weight excluding hydrogens is 579 g/mol. The number of carbonyl (C=O) groups is 1. The van der Waals surface area contributed by atoms with E-state index in [2.05, 4.69) is 26.3 Å². The average Bonchev–Trinajstić information content (AvgIpc) is 2.96. The van der Waals surface area contributed by atoms with Crippen molar-refractivity contribution in [2.75, 3.05) is 19.0 Å². The van der Waals surface area contributed by atoms with E-state index in [9.17, 15) is 14.0 Å². The minimum absolute atomic E-state index is 0.127. The second kappa shape index (κ2) is 12.4. The molecule has 1 fully saturated rings. The van der Waals surface area contributed by atoms with E-state index in [4.69, 9.17) is 14.5 Å². The Balaban J connectivity index is 1.48. The van der Waals surface area contributed by atoms with Crippen molar-refractivity contribution in [2.24, 2.45) is 5.10 Å². The molecule has 8 nitrogen and oxygen atoms in total. The number of methoxy groups -OCH3 is 1. The number of para-hydroxylation sites is 1. The van der Waals surface area contributed by atoms with E-state index in [1.165, 1.54) is 42.6 Å². The molecule has 1 N–H and O–H groups in total. The van der Waals surface area contributed by atoms with Gasteiger partial charge >= 0.3 is 0 Å². The highest BCUT2D eigenvalue weighted by molar-refractivity contribution is 9.10. The number of fused-ring (bicyclic) bond motifs is 1. The number of amides is 1. The molecule has 1 aromatic heterocycles. The standard InChI is InChI=1S/C30H28BrFN4O4/c1-39-26-15-21(31)14-20(28(26)40-18-27(37)34-23-11-7-10-22(32)16-23)17-33-36-29(19-8-3-2-4-9-19)35-25-13-6-5-12-24(25)30(36)38/h5-7,10-17,19H,2-4,8-9,18H2,1H3,(H,34,37). The number of rotatable bonds is 8. The van der Waals surface area contributed by atoms with Crippen molar-refractivity contribution in [2.45, 2.75) is 38.0 Å². The third-order valence-electron chi connectivity index (χ3n) is 6.79. The molecule has 1 amide bonds. The highest BCUT2D eigenvalue weighted by atomic mass is 79.9. The molecule has 0 bridgehead atoms. The first-order chi connectivity index (χ1) is 19.4. The first-order valence-corrected chi connectivity index (χ1v) is 13.8. The van der Waals surface area contributed by atoms with Crippen LogP contribution in [0.25, 0.3) is 10.9 Å². The number of hydrogen-bond acceptors (Lipinski definition) is 6. The summed E-state index contributed by atoms with van der Waals surface area (Å²) >= 11 is 3.48. The molecule has 3 aromatic carbocycles. The second-order valence-electron chi connectivity index (χ2n) is 9.56. The fourth-order valence-electron chi connectivity index (χ4n) is 4.89. The molecule has 0 unspecified atom stereocenters. The molecule has 10 heteroatoms. The molecule has 1 aliphatic carbocycles. The van der Waals surface area contributed by atoms with Gasteiger partial charge in [0, 0.05) is 21.6 Å². The number of benzene rings is 3. The minimum Gasteiger partial charge on any atom is -0.493 e. The summed E-state index contributed by atoms with van der Waals surface area (Å²) < 4.78 is 26.9. The van der Waals surface area contributed by atoms with Gasteiger partial charge in [-0.15, -0.1) is 0 Å². The van der Waals surface area contributed by atoms with Gasteiger partial charge in [0.1, 0.15) is 11.6 Å². The first kappa shape index (κ1) is 27.5. The van der Waals surface area contributed by atoms with Crippen molar-refractivity contribution < 1.29 is 18.7 Å². The molecule has 0 aliphatic heterocycles. The molecule has 1 saturated carbocycles. The first-order valence-electron chi connectivity index (χ1n) is 13.0.